The first-order valence-electron chi connectivity index (χ1n) is 11.7. The van der Waals surface area contributed by atoms with Crippen molar-refractivity contribution in [2.24, 2.45) is 46.3 Å². The van der Waals surface area contributed by atoms with Crippen LogP contribution in [0, 0.1) is 46.3 Å². The Bertz CT molecular complexity index is 676. The Labute approximate surface area is 174 Å². The molecule has 0 amide bonds. The predicted octanol–water partition coefficient (Wildman–Crippen LogP) is 3.66. The fourth-order valence-corrected chi connectivity index (χ4v) is 8.40. The van der Waals surface area contributed by atoms with E-state index in [1.165, 1.54) is 0 Å². The maximum absolute atomic E-state index is 13.4. The Morgan fingerprint density at radius 1 is 1.14 bits per heavy atom. The van der Waals surface area contributed by atoms with Crippen molar-refractivity contribution in [3.05, 3.63) is 0 Å². The summed E-state index contributed by atoms with van der Waals surface area (Å²) in [5, 5.41) is 30.7. The Morgan fingerprint density at radius 3 is 2.55 bits per heavy atom. The van der Waals surface area contributed by atoms with E-state index in [1.807, 2.05) is 0 Å². The van der Waals surface area contributed by atoms with Crippen LogP contribution in [0.4, 0.5) is 0 Å². The van der Waals surface area contributed by atoms with E-state index in [0.717, 1.165) is 32.1 Å². The van der Waals surface area contributed by atoms with Crippen LogP contribution >= 0.6 is 0 Å². The zero-order chi connectivity index (χ0) is 21.1. The Kier molecular flexibility index (Phi) is 5.39. The highest BCUT2D eigenvalue weighted by molar-refractivity contribution is 5.83. The number of carbonyl (C=O) groups is 2. The van der Waals surface area contributed by atoms with E-state index in [2.05, 4.69) is 20.8 Å². The second-order valence-corrected chi connectivity index (χ2v) is 11.3. The van der Waals surface area contributed by atoms with Crippen molar-refractivity contribution in [2.75, 3.05) is 0 Å². The average Bonchev–Trinajstić information content (AvgIpc) is 3.01. The summed E-state index contributed by atoms with van der Waals surface area (Å²) in [4.78, 5) is 24.4. The third-order valence-corrected chi connectivity index (χ3v) is 10.1. The summed E-state index contributed by atoms with van der Waals surface area (Å²) in [6, 6.07) is 0. The van der Waals surface area contributed by atoms with Gasteiger partial charge in [0.25, 0.3) is 0 Å². The average molecular weight is 407 g/mol. The van der Waals surface area contributed by atoms with Gasteiger partial charge in [-0.2, -0.15) is 0 Å². The van der Waals surface area contributed by atoms with Gasteiger partial charge in [-0.1, -0.05) is 20.8 Å². The summed E-state index contributed by atoms with van der Waals surface area (Å²) in [5.74, 6) is 0.775. The number of rotatable bonds is 4. The van der Waals surface area contributed by atoms with Crippen molar-refractivity contribution in [1.82, 2.24) is 0 Å². The molecule has 4 fully saturated rings. The molecule has 0 bridgehead atoms. The van der Waals surface area contributed by atoms with E-state index in [9.17, 15) is 19.8 Å². The number of Topliss-reactive ketones (excluding diaryl/α,β-unsaturated/α-hetero) is 1. The van der Waals surface area contributed by atoms with E-state index < -0.39 is 12.1 Å². The maximum atomic E-state index is 13.4. The van der Waals surface area contributed by atoms with Crippen molar-refractivity contribution >= 4 is 11.8 Å². The van der Waals surface area contributed by atoms with E-state index in [4.69, 9.17) is 5.11 Å². The highest BCUT2D eigenvalue weighted by atomic mass is 16.4. The van der Waals surface area contributed by atoms with Crippen molar-refractivity contribution < 1.29 is 24.9 Å². The van der Waals surface area contributed by atoms with Crippen LogP contribution in [0.15, 0.2) is 0 Å². The summed E-state index contributed by atoms with van der Waals surface area (Å²) in [6.45, 7) is 6.62. The van der Waals surface area contributed by atoms with E-state index in [1.54, 1.807) is 0 Å². The number of carbonyl (C=O) groups excluding carboxylic acids is 1. The van der Waals surface area contributed by atoms with E-state index in [-0.39, 0.29) is 58.9 Å². The molecule has 0 aliphatic heterocycles. The molecule has 0 aromatic carbocycles. The lowest BCUT2D eigenvalue weighted by molar-refractivity contribution is -0.182. The molecular weight excluding hydrogens is 368 g/mol. The molecule has 4 saturated carbocycles. The lowest BCUT2D eigenvalue weighted by Crippen LogP contribution is -2.61. The lowest BCUT2D eigenvalue weighted by atomic mass is 9.43. The number of fused-ring (bicyclic) bond motifs is 5. The summed E-state index contributed by atoms with van der Waals surface area (Å²) in [6.07, 6.45) is 5.74. The van der Waals surface area contributed by atoms with Crippen LogP contribution in [0.25, 0.3) is 0 Å². The molecular formula is C24H38O5. The third kappa shape index (κ3) is 3.18. The molecule has 4 aliphatic rings. The van der Waals surface area contributed by atoms with Gasteiger partial charge in [-0.15, -0.1) is 0 Å². The molecule has 164 valence electrons. The molecule has 0 heterocycles. The Morgan fingerprint density at radius 2 is 1.86 bits per heavy atom. The van der Waals surface area contributed by atoms with Crippen molar-refractivity contribution in [3.8, 4) is 0 Å². The number of hydrogen-bond donors (Lipinski definition) is 3. The van der Waals surface area contributed by atoms with Crippen molar-refractivity contribution in [1.29, 1.82) is 0 Å². The van der Waals surface area contributed by atoms with Gasteiger partial charge in [-0.25, -0.2) is 0 Å². The van der Waals surface area contributed by atoms with Crippen LogP contribution in [-0.4, -0.2) is 39.3 Å². The van der Waals surface area contributed by atoms with Gasteiger partial charge in [0, 0.05) is 24.2 Å². The highest BCUT2D eigenvalue weighted by Gasteiger charge is 2.65. The van der Waals surface area contributed by atoms with Crippen LogP contribution in [0.3, 0.4) is 0 Å². The molecule has 0 spiro atoms. The van der Waals surface area contributed by atoms with Gasteiger partial charge in [0.15, 0.2) is 0 Å². The summed E-state index contributed by atoms with van der Waals surface area (Å²) < 4.78 is 0. The summed E-state index contributed by atoms with van der Waals surface area (Å²) in [5.41, 5.74) is -0.265. The van der Waals surface area contributed by atoms with Gasteiger partial charge < -0.3 is 15.3 Å². The monoisotopic (exact) mass is 406 g/mol. The number of carboxylic acids is 1. The second kappa shape index (κ2) is 7.33. The SMILES string of the molecule is C[C@@H](CCC(=O)O)[C@@H]1CC[C@@H]2[C@@H]3C(=O)C[C@@H]4C[C@@H](O)CC[C@]4(C)[C@@H]3C[C@@H](O)[C@@]21C. The number of hydrogen-bond acceptors (Lipinski definition) is 4. The first-order chi connectivity index (χ1) is 13.6. The van der Waals surface area contributed by atoms with Crippen LogP contribution in [-0.2, 0) is 9.59 Å². The predicted molar refractivity (Wildman–Crippen MR) is 109 cm³/mol. The molecule has 29 heavy (non-hydrogen) atoms. The Hall–Kier alpha value is -0.940. The molecule has 3 N–H and O–H groups in total. The van der Waals surface area contributed by atoms with Crippen molar-refractivity contribution in [2.45, 2.75) is 90.8 Å². The van der Waals surface area contributed by atoms with Crippen molar-refractivity contribution in [3.63, 3.8) is 0 Å². The first-order valence-corrected chi connectivity index (χ1v) is 11.7. The molecule has 4 aliphatic carbocycles. The summed E-state index contributed by atoms with van der Waals surface area (Å²) in [7, 11) is 0. The van der Waals surface area contributed by atoms with Gasteiger partial charge in [-0.05, 0) is 80.0 Å². The third-order valence-electron chi connectivity index (χ3n) is 10.1. The normalized spacial score (nSPS) is 50.4. The molecule has 10 atom stereocenters. The quantitative estimate of drug-likeness (QED) is 0.662. The van der Waals surface area contributed by atoms with Gasteiger partial charge in [0.1, 0.15) is 5.78 Å². The lowest BCUT2D eigenvalue weighted by Gasteiger charge is -2.61. The van der Waals surface area contributed by atoms with Gasteiger partial charge in [0.05, 0.1) is 12.2 Å². The molecule has 5 nitrogen and oxygen atoms in total. The largest absolute Gasteiger partial charge is 0.481 e. The molecule has 4 rings (SSSR count). The number of ketones is 1. The molecule has 5 heteroatoms. The zero-order valence-corrected chi connectivity index (χ0v) is 18.1. The van der Waals surface area contributed by atoms with Crippen LogP contribution in [0.5, 0.6) is 0 Å². The van der Waals surface area contributed by atoms with Gasteiger partial charge in [-0.3, -0.25) is 9.59 Å². The molecule has 0 aromatic heterocycles. The van der Waals surface area contributed by atoms with Crippen LogP contribution in [0.1, 0.15) is 78.6 Å². The van der Waals surface area contributed by atoms with E-state index >= 15 is 0 Å². The number of aliphatic hydroxyl groups is 2. The molecule has 0 radical (unpaired) electrons. The minimum absolute atomic E-state index is 0.0246. The van der Waals surface area contributed by atoms with E-state index in [0.29, 0.717) is 25.0 Å². The van der Waals surface area contributed by atoms with Gasteiger partial charge >= 0.3 is 5.97 Å². The fourth-order valence-electron chi connectivity index (χ4n) is 8.40. The maximum Gasteiger partial charge on any atom is 0.303 e. The number of aliphatic carboxylic acids is 1. The minimum atomic E-state index is -0.762. The molecule has 0 saturated heterocycles. The highest BCUT2D eigenvalue weighted by Crippen LogP contribution is 2.67. The second-order valence-electron chi connectivity index (χ2n) is 11.3. The zero-order valence-electron chi connectivity index (χ0n) is 18.1. The first kappa shape index (κ1) is 21.3. The Balaban J connectivity index is 1.62. The standard InChI is InChI=1S/C24H38O5/c1-13(4-7-21(28)29)16-5-6-17-22-18(12-20(27)24(16,17)3)23(2)9-8-15(25)10-14(23)11-19(22)26/h13-18,20,22,25,27H,4-12H2,1-3H3,(H,28,29)/t13-,14-,15-,16-,17+,18+,20+,22-,23-,24+/m0/s1. The molecule has 0 unspecified atom stereocenters. The topological polar surface area (TPSA) is 94.8 Å². The minimum Gasteiger partial charge on any atom is -0.481 e. The fraction of sp³-hybridized carbons (Fsp3) is 0.917. The summed E-state index contributed by atoms with van der Waals surface area (Å²) >= 11 is 0. The number of carboxylic acid groups (broad SMARTS) is 1. The van der Waals surface area contributed by atoms with Crippen LogP contribution in [0.2, 0.25) is 0 Å². The van der Waals surface area contributed by atoms with Crippen LogP contribution < -0.4 is 0 Å². The number of aliphatic hydroxyl groups excluding tert-OH is 2. The smallest absolute Gasteiger partial charge is 0.303 e. The molecule has 0 aromatic rings. The van der Waals surface area contributed by atoms with Gasteiger partial charge in [0.2, 0.25) is 0 Å².